The number of furan rings is 1. The summed E-state index contributed by atoms with van der Waals surface area (Å²) in [5, 5.41) is 3.44. The smallest absolute Gasteiger partial charge is 0.117 e. The molecule has 1 saturated heterocycles. The highest BCUT2D eigenvalue weighted by Crippen LogP contribution is 2.20. The molecule has 0 spiro atoms. The first kappa shape index (κ1) is 12.7. The Labute approximate surface area is 104 Å². The highest BCUT2D eigenvalue weighted by molar-refractivity contribution is 4.97. The van der Waals surface area contributed by atoms with Crippen molar-refractivity contribution in [3.05, 3.63) is 24.2 Å². The molecule has 3 heteroatoms. The maximum atomic E-state index is 5.29. The van der Waals surface area contributed by atoms with Gasteiger partial charge in [-0.2, -0.15) is 0 Å². The summed E-state index contributed by atoms with van der Waals surface area (Å²) < 4.78 is 5.29. The predicted octanol–water partition coefficient (Wildman–Crippen LogP) is 2.49. The molecule has 0 aliphatic carbocycles. The van der Waals surface area contributed by atoms with E-state index in [0.717, 1.165) is 37.4 Å². The molecule has 0 aromatic carbocycles. The first-order valence-corrected chi connectivity index (χ1v) is 6.73. The summed E-state index contributed by atoms with van der Waals surface area (Å²) in [7, 11) is 0. The van der Waals surface area contributed by atoms with Crippen LogP contribution < -0.4 is 5.32 Å². The largest absolute Gasteiger partial charge is 0.468 e. The molecule has 1 N–H and O–H groups in total. The average molecular weight is 236 g/mol. The average Bonchev–Trinajstić information content (AvgIpc) is 2.82. The molecule has 2 rings (SSSR count). The van der Waals surface area contributed by atoms with Gasteiger partial charge in [-0.15, -0.1) is 0 Å². The zero-order valence-electron chi connectivity index (χ0n) is 11.0. The molecule has 2 unspecified atom stereocenters. The van der Waals surface area contributed by atoms with E-state index in [-0.39, 0.29) is 0 Å². The lowest BCUT2D eigenvalue weighted by molar-refractivity contribution is 0.125. The normalized spacial score (nSPS) is 26.2. The molecule has 3 nitrogen and oxygen atoms in total. The van der Waals surface area contributed by atoms with E-state index in [1.165, 1.54) is 19.4 Å². The van der Waals surface area contributed by atoms with Crippen LogP contribution in [-0.2, 0) is 6.54 Å². The molecule has 1 aliphatic rings. The summed E-state index contributed by atoms with van der Waals surface area (Å²) in [6.07, 6.45) is 4.46. The first-order chi connectivity index (χ1) is 8.25. The van der Waals surface area contributed by atoms with Crippen LogP contribution in [0.4, 0.5) is 0 Å². The van der Waals surface area contributed by atoms with E-state index in [4.69, 9.17) is 4.42 Å². The van der Waals surface area contributed by atoms with Crippen LogP contribution in [0.1, 0.15) is 32.4 Å². The molecule has 1 aliphatic heterocycles. The molecule has 1 aromatic heterocycles. The minimum Gasteiger partial charge on any atom is -0.468 e. The van der Waals surface area contributed by atoms with Crippen molar-refractivity contribution in [2.45, 2.75) is 39.3 Å². The molecule has 17 heavy (non-hydrogen) atoms. The first-order valence-electron chi connectivity index (χ1n) is 6.73. The lowest BCUT2D eigenvalue weighted by Crippen LogP contribution is -2.44. The Kier molecular flexibility index (Phi) is 4.63. The van der Waals surface area contributed by atoms with Gasteiger partial charge in [0, 0.05) is 25.7 Å². The Morgan fingerprint density at radius 1 is 1.41 bits per heavy atom. The Bertz CT molecular complexity index is 310. The van der Waals surface area contributed by atoms with Gasteiger partial charge in [0.15, 0.2) is 0 Å². The minimum atomic E-state index is 0.747. The van der Waals surface area contributed by atoms with Crippen molar-refractivity contribution in [1.29, 1.82) is 0 Å². The standard InChI is InChI=1S/C14H24N2O/c1-12-5-6-13(2)16(11-12)8-7-15-10-14-4-3-9-17-14/h3-4,9,12-13,15H,5-8,10-11H2,1-2H3. The fraction of sp³-hybridized carbons (Fsp3) is 0.714. The monoisotopic (exact) mass is 236 g/mol. The van der Waals surface area contributed by atoms with Crippen LogP contribution in [-0.4, -0.2) is 30.6 Å². The lowest BCUT2D eigenvalue weighted by atomic mass is 9.95. The number of nitrogens with zero attached hydrogens (tertiary/aromatic N) is 1. The zero-order chi connectivity index (χ0) is 12.1. The van der Waals surface area contributed by atoms with Gasteiger partial charge < -0.3 is 9.73 Å². The van der Waals surface area contributed by atoms with Crippen molar-refractivity contribution >= 4 is 0 Å². The predicted molar refractivity (Wildman–Crippen MR) is 69.8 cm³/mol. The summed E-state index contributed by atoms with van der Waals surface area (Å²) in [5.74, 6) is 1.88. The molecule has 96 valence electrons. The van der Waals surface area contributed by atoms with Gasteiger partial charge in [0.2, 0.25) is 0 Å². The molecule has 2 heterocycles. The van der Waals surface area contributed by atoms with Crippen LogP contribution in [0.5, 0.6) is 0 Å². The Balaban J connectivity index is 1.64. The van der Waals surface area contributed by atoms with Crippen LogP contribution in [0.2, 0.25) is 0 Å². The number of piperidine rings is 1. The third kappa shape index (κ3) is 3.86. The molecular weight excluding hydrogens is 212 g/mol. The van der Waals surface area contributed by atoms with Crippen molar-refractivity contribution in [1.82, 2.24) is 10.2 Å². The molecule has 1 aromatic rings. The number of hydrogen-bond donors (Lipinski definition) is 1. The molecule has 0 radical (unpaired) electrons. The summed E-state index contributed by atoms with van der Waals surface area (Å²) in [6.45, 7) is 8.98. The third-order valence-electron chi connectivity index (χ3n) is 3.70. The van der Waals surface area contributed by atoms with Gasteiger partial charge in [-0.05, 0) is 37.8 Å². The van der Waals surface area contributed by atoms with E-state index in [2.05, 4.69) is 24.1 Å². The van der Waals surface area contributed by atoms with Crippen molar-refractivity contribution in [2.75, 3.05) is 19.6 Å². The maximum absolute atomic E-state index is 5.29. The lowest BCUT2D eigenvalue weighted by Gasteiger charge is -2.36. The van der Waals surface area contributed by atoms with Gasteiger partial charge in [0.25, 0.3) is 0 Å². The minimum absolute atomic E-state index is 0.747. The summed E-state index contributed by atoms with van der Waals surface area (Å²) in [6, 6.07) is 4.70. The second-order valence-corrected chi connectivity index (χ2v) is 5.28. The fourth-order valence-corrected chi connectivity index (χ4v) is 2.54. The summed E-state index contributed by atoms with van der Waals surface area (Å²) in [5.41, 5.74) is 0. The van der Waals surface area contributed by atoms with Crippen LogP contribution in [0, 0.1) is 5.92 Å². The molecule has 0 amide bonds. The van der Waals surface area contributed by atoms with Crippen LogP contribution >= 0.6 is 0 Å². The van der Waals surface area contributed by atoms with Gasteiger partial charge in [0.05, 0.1) is 12.8 Å². The zero-order valence-corrected chi connectivity index (χ0v) is 11.0. The van der Waals surface area contributed by atoms with Crippen LogP contribution in [0.15, 0.2) is 22.8 Å². The molecular formula is C14H24N2O. The topological polar surface area (TPSA) is 28.4 Å². The van der Waals surface area contributed by atoms with Gasteiger partial charge in [-0.25, -0.2) is 0 Å². The molecule has 2 atom stereocenters. The van der Waals surface area contributed by atoms with Gasteiger partial charge >= 0.3 is 0 Å². The van der Waals surface area contributed by atoms with Crippen LogP contribution in [0.3, 0.4) is 0 Å². The maximum Gasteiger partial charge on any atom is 0.117 e. The Hall–Kier alpha value is -0.800. The molecule has 1 fully saturated rings. The summed E-state index contributed by atoms with van der Waals surface area (Å²) in [4.78, 5) is 2.60. The Morgan fingerprint density at radius 3 is 3.06 bits per heavy atom. The number of rotatable bonds is 5. The highest BCUT2D eigenvalue weighted by Gasteiger charge is 2.21. The van der Waals surface area contributed by atoms with E-state index in [1.807, 2.05) is 12.1 Å². The number of likely N-dealkylation sites (tertiary alicyclic amines) is 1. The van der Waals surface area contributed by atoms with E-state index < -0.39 is 0 Å². The Morgan fingerprint density at radius 2 is 2.29 bits per heavy atom. The van der Waals surface area contributed by atoms with E-state index in [1.54, 1.807) is 6.26 Å². The fourth-order valence-electron chi connectivity index (χ4n) is 2.54. The van der Waals surface area contributed by atoms with Crippen molar-refractivity contribution in [3.8, 4) is 0 Å². The molecule has 0 bridgehead atoms. The third-order valence-corrected chi connectivity index (χ3v) is 3.70. The van der Waals surface area contributed by atoms with Crippen molar-refractivity contribution < 1.29 is 4.42 Å². The van der Waals surface area contributed by atoms with E-state index >= 15 is 0 Å². The summed E-state index contributed by atoms with van der Waals surface area (Å²) >= 11 is 0. The van der Waals surface area contributed by atoms with Crippen molar-refractivity contribution in [2.24, 2.45) is 5.92 Å². The quantitative estimate of drug-likeness (QED) is 0.796. The molecule has 0 saturated carbocycles. The van der Waals surface area contributed by atoms with Gasteiger partial charge in [-0.3, -0.25) is 4.90 Å². The van der Waals surface area contributed by atoms with Crippen molar-refractivity contribution in [3.63, 3.8) is 0 Å². The number of hydrogen-bond acceptors (Lipinski definition) is 3. The second-order valence-electron chi connectivity index (χ2n) is 5.28. The van der Waals surface area contributed by atoms with Gasteiger partial charge in [0.1, 0.15) is 5.76 Å². The number of nitrogens with one attached hydrogen (secondary N) is 1. The van der Waals surface area contributed by atoms with Crippen LogP contribution in [0.25, 0.3) is 0 Å². The SMILES string of the molecule is CC1CCC(C)N(CCNCc2ccco2)C1. The van der Waals surface area contributed by atoms with E-state index in [0.29, 0.717) is 0 Å². The second kappa shape index (κ2) is 6.22. The highest BCUT2D eigenvalue weighted by atomic mass is 16.3. The van der Waals surface area contributed by atoms with Gasteiger partial charge in [-0.1, -0.05) is 6.92 Å². The van der Waals surface area contributed by atoms with E-state index in [9.17, 15) is 0 Å².